The lowest BCUT2D eigenvalue weighted by molar-refractivity contribution is 0.102. The van der Waals surface area contributed by atoms with Gasteiger partial charge in [-0.2, -0.15) is 5.10 Å². The molecule has 1 aliphatic rings. The number of fused-ring (bicyclic) bond motifs is 1. The van der Waals surface area contributed by atoms with Crippen molar-refractivity contribution >= 4 is 17.8 Å². The summed E-state index contributed by atoms with van der Waals surface area (Å²) in [6, 6.07) is 3.49. The third kappa shape index (κ3) is 3.12. The maximum atomic E-state index is 12.8. The van der Waals surface area contributed by atoms with Crippen molar-refractivity contribution in [2.75, 3.05) is 19.5 Å². The van der Waals surface area contributed by atoms with Crippen LogP contribution in [0.2, 0.25) is 0 Å². The van der Waals surface area contributed by atoms with E-state index in [0.29, 0.717) is 17.1 Å². The van der Waals surface area contributed by atoms with Crippen molar-refractivity contribution in [1.29, 1.82) is 0 Å². The first-order chi connectivity index (χ1) is 12.1. The molecule has 0 fully saturated rings. The minimum absolute atomic E-state index is 0.190. The smallest absolute Gasteiger partial charge is 0.256 e. The molecule has 1 aromatic heterocycles. The zero-order chi connectivity index (χ0) is 18.0. The van der Waals surface area contributed by atoms with E-state index in [1.807, 2.05) is 26.1 Å². The number of rotatable bonds is 5. The van der Waals surface area contributed by atoms with E-state index in [4.69, 9.17) is 9.47 Å². The van der Waals surface area contributed by atoms with E-state index >= 15 is 0 Å². The molecule has 3 rings (SSSR count). The van der Waals surface area contributed by atoms with Crippen molar-refractivity contribution < 1.29 is 14.3 Å². The molecule has 0 atom stereocenters. The Hall–Kier alpha value is -2.76. The van der Waals surface area contributed by atoms with Gasteiger partial charge in [-0.3, -0.25) is 9.48 Å². The largest absolute Gasteiger partial charge is 0.493 e. The Bertz CT molecular complexity index is 837. The molecule has 0 spiro atoms. The molecule has 1 aliphatic carbocycles. The zero-order valence-electron chi connectivity index (χ0n) is 15.0. The average molecular weight is 341 g/mol. The van der Waals surface area contributed by atoms with Crippen molar-refractivity contribution in [2.24, 2.45) is 7.05 Å². The van der Waals surface area contributed by atoms with Crippen molar-refractivity contribution in [3.63, 3.8) is 0 Å². The van der Waals surface area contributed by atoms with Crippen LogP contribution in [-0.4, -0.2) is 29.9 Å². The molecule has 0 unspecified atom stereocenters. The summed E-state index contributed by atoms with van der Waals surface area (Å²) in [5, 5.41) is 7.50. The van der Waals surface area contributed by atoms with Gasteiger partial charge in [0.25, 0.3) is 5.91 Å². The second-order valence-electron chi connectivity index (χ2n) is 6.01. The Labute approximate surface area is 147 Å². The van der Waals surface area contributed by atoms with Crippen LogP contribution >= 0.6 is 0 Å². The quantitative estimate of drug-likeness (QED) is 0.907. The second-order valence-corrected chi connectivity index (χ2v) is 6.01. The molecule has 6 heteroatoms. The number of anilines is 1. The van der Waals surface area contributed by atoms with Crippen LogP contribution in [0.15, 0.2) is 18.2 Å². The van der Waals surface area contributed by atoms with Crippen molar-refractivity contribution in [3.05, 3.63) is 40.6 Å². The van der Waals surface area contributed by atoms with Gasteiger partial charge in [0.1, 0.15) is 5.82 Å². The zero-order valence-corrected chi connectivity index (χ0v) is 15.0. The van der Waals surface area contributed by atoms with E-state index < -0.39 is 0 Å². The van der Waals surface area contributed by atoms with Crippen LogP contribution in [0.25, 0.3) is 6.08 Å². The molecule has 132 valence electrons. The van der Waals surface area contributed by atoms with Gasteiger partial charge >= 0.3 is 0 Å². The minimum Gasteiger partial charge on any atom is -0.493 e. The number of amides is 1. The molecule has 0 bridgehead atoms. The second kappa shape index (κ2) is 7.01. The van der Waals surface area contributed by atoms with E-state index in [2.05, 4.69) is 10.4 Å². The molecule has 0 saturated carbocycles. The van der Waals surface area contributed by atoms with Crippen molar-refractivity contribution in [2.45, 2.75) is 26.2 Å². The Balaban J connectivity index is 1.96. The third-order valence-corrected chi connectivity index (χ3v) is 4.42. The summed E-state index contributed by atoms with van der Waals surface area (Å²) in [7, 11) is 5.00. The molecule has 0 aliphatic heterocycles. The molecule has 25 heavy (non-hydrogen) atoms. The van der Waals surface area contributed by atoms with Gasteiger partial charge in [-0.1, -0.05) is 12.2 Å². The Morgan fingerprint density at radius 2 is 2.08 bits per heavy atom. The Morgan fingerprint density at radius 1 is 1.28 bits per heavy atom. The van der Waals surface area contributed by atoms with Crippen LogP contribution < -0.4 is 14.8 Å². The fourth-order valence-electron chi connectivity index (χ4n) is 3.28. The maximum absolute atomic E-state index is 12.8. The molecule has 0 saturated heterocycles. The van der Waals surface area contributed by atoms with Crippen LogP contribution in [0.3, 0.4) is 0 Å². The molecule has 1 heterocycles. The number of methoxy groups -OCH3 is 2. The topological polar surface area (TPSA) is 65.4 Å². The van der Waals surface area contributed by atoms with Gasteiger partial charge in [0, 0.05) is 23.7 Å². The number of hydrogen-bond acceptors (Lipinski definition) is 4. The van der Waals surface area contributed by atoms with Crippen molar-refractivity contribution in [3.8, 4) is 11.5 Å². The van der Waals surface area contributed by atoms with Gasteiger partial charge in [0.15, 0.2) is 11.5 Å². The lowest BCUT2D eigenvalue weighted by Crippen LogP contribution is -2.16. The standard InChI is InChI=1S/C19H23N3O3/c1-5-7-12-10-13(11-16(24-3)17(12)25-4)19(23)20-18-14-8-6-9-15(14)21-22(18)2/h5,7,10-11H,6,8-9H2,1-4H3,(H,20,23). The summed E-state index contributed by atoms with van der Waals surface area (Å²) >= 11 is 0. The number of nitrogens with zero attached hydrogens (tertiary/aromatic N) is 2. The van der Waals surface area contributed by atoms with Gasteiger partial charge in [-0.15, -0.1) is 0 Å². The number of nitrogens with one attached hydrogen (secondary N) is 1. The molecule has 0 radical (unpaired) electrons. The number of allylic oxidation sites excluding steroid dienone is 1. The first-order valence-electron chi connectivity index (χ1n) is 8.33. The maximum Gasteiger partial charge on any atom is 0.256 e. The average Bonchev–Trinajstić information content (AvgIpc) is 3.16. The van der Waals surface area contributed by atoms with Crippen LogP contribution in [0.4, 0.5) is 5.82 Å². The highest BCUT2D eigenvalue weighted by Crippen LogP contribution is 2.34. The molecule has 2 aromatic rings. The number of aromatic nitrogens is 2. The monoisotopic (exact) mass is 341 g/mol. The summed E-state index contributed by atoms with van der Waals surface area (Å²) in [5.74, 6) is 1.72. The van der Waals surface area contributed by atoms with E-state index in [1.165, 1.54) is 0 Å². The van der Waals surface area contributed by atoms with Gasteiger partial charge < -0.3 is 14.8 Å². The fourth-order valence-corrected chi connectivity index (χ4v) is 3.28. The molecule has 1 aromatic carbocycles. The van der Waals surface area contributed by atoms with Gasteiger partial charge in [0.2, 0.25) is 0 Å². The number of hydrogen-bond donors (Lipinski definition) is 1. The van der Waals surface area contributed by atoms with Crippen LogP contribution in [-0.2, 0) is 19.9 Å². The highest BCUT2D eigenvalue weighted by Gasteiger charge is 2.23. The first kappa shape index (κ1) is 17.1. The molecular formula is C19H23N3O3. The summed E-state index contributed by atoms with van der Waals surface area (Å²) in [5.41, 5.74) is 3.54. The normalized spacial score (nSPS) is 13.1. The summed E-state index contributed by atoms with van der Waals surface area (Å²) in [4.78, 5) is 12.8. The summed E-state index contributed by atoms with van der Waals surface area (Å²) in [6.45, 7) is 1.91. The number of carbonyl (C=O) groups excluding carboxylic acids is 1. The molecule has 6 nitrogen and oxygen atoms in total. The lowest BCUT2D eigenvalue weighted by atomic mass is 10.1. The van der Waals surface area contributed by atoms with Gasteiger partial charge in [0.05, 0.1) is 19.9 Å². The SMILES string of the molecule is CC=Cc1cc(C(=O)Nc2c3c(nn2C)CCC3)cc(OC)c1OC. The molecule has 1 N–H and O–H groups in total. The number of carbonyl (C=O) groups is 1. The fraction of sp³-hybridized carbons (Fsp3) is 0.368. The number of ether oxygens (including phenoxy) is 2. The first-order valence-corrected chi connectivity index (χ1v) is 8.33. The minimum atomic E-state index is -0.190. The Morgan fingerprint density at radius 3 is 2.76 bits per heavy atom. The van der Waals surface area contributed by atoms with E-state index in [0.717, 1.165) is 41.9 Å². The van der Waals surface area contributed by atoms with Crippen LogP contribution in [0.5, 0.6) is 11.5 Å². The van der Waals surface area contributed by atoms with E-state index in [-0.39, 0.29) is 5.91 Å². The lowest BCUT2D eigenvalue weighted by Gasteiger charge is -2.14. The summed E-state index contributed by atoms with van der Waals surface area (Å²) in [6.07, 6.45) is 6.80. The molecule has 1 amide bonds. The highest BCUT2D eigenvalue weighted by molar-refractivity contribution is 6.05. The molecular weight excluding hydrogens is 318 g/mol. The third-order valence-electron chi connectivity index (χ3n) is 4.42. The van der Waals surface area contributed by atoms with E-state index in [1.54, 1.807) is 31.0 Å². The van der Waals surface area contributed by atoms with Gasteiger partial charge in [-0.05, 0) is 38.3 Å². The van der Waals surface area contributed by atoms with Crippen molar-refractivity contribution in [1.82, 2.24) is 9.78 Å². The van der Waals surface area contributed by atoms with Gasteiger partial charge in [-0.25, -0.2) is 0 Å². The predicted molar refractivity (Wildman–Crippen MR) is 97.4 cm³/mol. The Kier molecular flexibility index (Phi) is 4.79. The highest BCUT2D eigenvalue weighted by atomic mass is 16.5. The summed E-state index contributed by atoms with van der Waals surface area (Å²) < 4.78 is 12.6. The predicted octanol–water partition coefficient (Wildman–Crippen LogP) is 3.21. The van der Waals surface area contributed by atoms with E-state index in [9.17, 15) is 4.79 Å². The number of aryl methyl sites for hydroxylation is 2. The number of benzene rings is 1. The van der Waals surface area contributed by atoms with Crippen LogP contribution in [0, 0.1) is 0 Å². The van der Waals surface area contributed by atoms with Crippen LogP contribution in [0.1, 0.15) is 40.5 Å².